The SMILES string of the molecule is CCCOc1nc(NC)nc(N(CCOC)C(C)CC)n1. The fourth-order valence-electron chi connectivity index (χ4n) is 1.77. The third-order valence-corrected chi connectivity index (χ3v) is 3.18. The number of ether oxygens (including phenoxy) is 2. The molecule has 7 heteroatoms. The molecule has 0 aliphatic heterocycles. The van der Waals surface area contributed by atoms with Gasteiger partial charge in [0.2, 0.25) is 11.9 Å². The quantitative estimate of drug-likeness (QED) is 0.707. The average Bonchev–Trinajstić information content (AvgIpc) is 2.52. The van der Waals surface area contributed by atoms with Gasteiger partial charge in [0.05, 0.1) is 13.2 Å². The summed E-state index contributed by atoms with van der Waals surface area (Å²) in [5.41, 5.74) is 0. The fourth-order valence-corrected chi connectivity index (χ4v) is 1.77. The van der Waals surface area contributed by atoms with Crippen LogP contribution < -0.4 is 15.0 Å². The monoisotopic (exact) mass is 297 g/mol. The van der Waals surface area contributed by atoms with Crippen LogP contribution in [0.2, 0.25) is 0 Å². The summed E-state index contributed by atoms with van der Waals surface area (Å²) in [7, 11) is 3.47. The lowest BCUT2D eigenvalue weighted by Gasteiger charge is -2.28. The van der Waals surface area contributed by atoms with Crippen LogP contribution >= 0.6 is 0 Å². The van der Waals surface area contributed by atoms with E-state index in [4.69, 9.17) is 9.47 Å². The fraction of sp³-hybridized carbons (Fsp3) is 0.786. The smallest absolute Gasteiger partial charge is 0.323 e. The molecule has 0 amide bonds. The summed E-state index contributed by atoms with van der Waals surface area (Å²) in [4.78, 5) is 15.2. The minimum absolute atomic E-state index is 0.311. The number of aromatic nitrogens is 3. The number of methoxy groups -OCH3 is 1. The molecule has 0 bridgehead atoms. The van der Waals surface area contributed by atoms with Crippen molar-refractivity contribution in [2.24, 2.45) is 0 Å². The normalized spacial score (nSPS) is 12.0. The van der Waals surface area contributed by atoms with Crippen LogP contribution in [0.5, 0.6) is 6.01 Å². The molecule has 21 heavy (non-hydrogen) atoms. The highest BCUT2D eigenvalue weighted by Gasteiger charge is 2.18. The third-order valence-electron chi connectivity index (χ3n) is 3.18. The molecule has 1 rings (SSSR count). The number of hydrogen-bond acceptors (Lipinski definition) is 7. The van der Waals surface area contributed by atoms with Crippen molar-refractivity contribution in [3.05, 3.63) is 0 Å². The lowest BCUT2D eigenvalue weighted by atomic mass is 10.2. The topological polar surface area (TPSA) is 72.4 Å². The predicted molar refractivity (Wildman–Crippen MR) is 84.1 cm³/mol. The summed E-state index contributed by atoms with van der Waals surface area (Å²) in [6.07, 6.45) is 1.91. The Morgan fingerprint density at radius 1 is 1.19 bits per heavy atom. The maximum absolute atomic E-state index is 5.55. The Labute approximate surface area is 127 Å². The van der Waals surface area contributed by atoms with Crippen LogP contribution in [0, 0.1) is 0 Å². The second kappa shape index (κ2) is 9.33. The summed E-state index contributed by atoms with van der Waals surface area (Å²) in [6.45, 7) is 8.27. The summed E-state index contributed by atoms with van der Waals surface area (Å²) in [6, 6.07) is 0.670. The Morgan fingerprint density at radius 3 is 2.52 bits per heavy atom. The van der Waals surface area contributed by atoms with Crippen molar-refractivity contribution in [2.45, 2.75) is 39.7 Å². The van der Waals surface area contributed by atoms with Gasteiger partial charge in [-0.15, -0.1) is 0 Å². The molecule has 1 heterocycles. The van der Waals surface area contributed by atoms with Crippen LogP contribution in [0.15, 0.2) is 0 Å². The van der Waals surface area contributed by atoms with E-state index in [9.17, 15) is 0 Å². The first kappa shape index (κ1) is 17.4. The van der Waals surface area contributed by atoms with Crippen molar-refractivity contribution in [3.8, 4) is 6.01 Å². The Balaban J connectivity index is 3.03. The Morgan fingerprint density at radius 2 is 1.95 bits per heavy atom. The van der Waals surface area contributed by atoms with Crippen molar-refractivity contribution < 1.29 is 9.47 Å². The molecule has 0 aliphatic rings. The molecule has 0 saturated heterocycles. The lowest BCUT2D eigenvalue weighted by Crippen LogP contribution is -2.37. The number of anilines is 2. The third kappa shape index (κ3) is 5.34. The van der Waals surface area contributed by atoms with Crippen molar-refractivity contribution in [2.75, 3.05) is 44.1 Å². The van der Waals surface area contributed by atoms with Crippen LogP contribution in [0.25, 0.3) is 0 Å². The summed E-state index contributed by atoms with van der Waals surface area (Å²) in [5, 5.41) is 2.95. The molecule has 0 aromatic carbocycles. The molecule has 1 aromatic heterocycles. The maximum atomic E-state index is 5.55. The van der Waals surface area contributed by atoms with Gasteiger partial charge in [-0.05, 0) is 19.8 Å². The van der Waals surface area contributed by atoms with Crippen molar-refractivity contribution in [1.29, 1.82) is 0 Å². The van der Waals surface area contributed by atoms with Crippen LogP contribution in [0.1, 0.15) is 33.6 Å². The molecule has 0 aliphatic carbocycles. The highest BCUT2D eigenvalue weighted by atomic mass is 16.5. The first-order valence-corrected chi connectivity index (χ1v) is 7.48. The molecular formula is C14H27N5O2. The van der Waals surface area contributed by atoms with Gasteiger partial charge in [-0.2, -0.15) is 15.0 Å². The summed E-state index contributed by atoms with van der Waals surface area (Å²) < 4.78 is 10.7. The number of rotatable bonds is 10. The minimum atomic E-state index is 0.311. The summed E-state index contributed by atoms with van der Waals surface area (Å²) in [5.74, 6) is 1.13. The second-order valence-corrected chi connectivity index (χ2v) is 4.78. The number of hydrogen-bond donors (Lipinski definition) is 1. The largest absolute Gasteiger partial charge is 0.463 e. The van der Waals surface area contributed by atoms with E-state index in [1.807, 2.05) is 6.92 Å². The molecule has 0 saturated carbocycles. The molecule has 1 atom stereocenters. The molecule has 120 valence electrons. The van der Waals surface area contributed by atoms with Crippen LogP contribution in [0.4, 0.5) is 11.9 Å². The lowest BCUT2D eigenvalue weighted by molar-refractivity contribution is 0.202. The number of nitrogens with one attached hydrogen (secondary N) is 1. The number of nitrogens with zero attached hydrogens (tertiary/aromatic N) is 4. The van der Waals surface area contributed by atoms with Gasteiger partial charge in [-0.25, -0.2) is 0 Å². The second-order valence-electron chi connectivity index (χ2n) is 4.78. The highest BCUT2D eigenvalue weighted by Crippen LogP contribution is 2.18. The zero-order valence-corrected chi connectivity index (χ0v) is 13.7. The first-order valence-electron chi connectivity index (χ1n) is 7.48. The van der Waals surface area contributed by atoms with Gasteiger partial charge in [0.25, 0.3) is 0 Å². The average molecular weight is 297 g/mol. The van der Waals surface area contributed by atoms with Gasteiger partial charge in [0, 0.05) is 26.7 Å². The van der Waals surface area contributed by atoms with Gasteiger partial charge in [0.1, 0.15) is 0 Å². The van der Waals surface area contributed by atoms with E-state index in [1.165, 1.54) is 0 Å². The van der Waals surface area contributed by atoms with E-state index in [0.717, 1.165) is 19.4 Å². The Kier molecular flexibility index (Phi) is 7.74. The molecule has 0 spiro atoms. The van der Waals surface area contributed by atoms with Gasteiger partial charge in [-0.1, -0.05) is 13.8 Å². The van der Waals surface area contributed by atoms with E-state index in [2.05, 4.69) is 39.0 Å². The maximum Gasteiger partial charge on any atom is 0.323 e. The van der Waals surface area contributed by atoms with E-state index in [1.54, 1.807) is 14.2 Å². The molecule has 0 radical (unpaired) electrons. The van der Waals surface area contributed by atoms with Gasteiger partial charge in [-0.3, -0.25) is 0 Å². The van der Waals surface area contributed by atoms with Gasteiger partial charge < -0.3 is 19.7 Å². The van der Waals surface area contributed by atoms with Gasteiger partial charge in [0.15, 0.2) is 0 Å². The molecule has 1 aromatic rings. The Bertz CT molecular complexity index is 416. The zero-order chi connectivity index (χ0) is 15.7. The first-order chi connectivity index (χ1) is 10.2. The van der Waals surface area contributed by atoms with Crippen molar-refractivity contribution in [1.82, 2.24) is 15.0 Å². The van der Waals surface area contributed by atoms with Crippen molar-refractivity contribution >= 4 is 11.9 Å². The highest BCUT2D eigenvalue weighted by molar-refractivity contribution is 5.39. The van der Waals surface area contributed by atoms with E-state index < -0.39 is 0 Å². The van der Waals surface area contributed by atoms with E-state index >= 15 is 0 Å². The van der Waals surface area contributed by atoms with Crippen LogP contribution in [-0.4, -0.2) is 54.9 Å². The van der Waals surface area contributed by atoms with Gasteiger partial charge >= 0.3 is 6.01 Å². The predicted octanol–water partition coefficient (Wildman–Crippen LogP) is 1.95. The van der Waals surface area contributed by atoms with Crippen LogP contribution in [0.3, 0.4) is 0 Å². The van der Waals surface area contributed by atoms with Crippen LogP contribution in [-0.2, 0) is 4.74 Å². The van der Waals surface area contributed by atoms with Crippen molar-refractivity contribution in [3.63, 3.8) is 0 Å². The summed E-state index contributed by atoms with van der Waals surface area (Å²) >= 11 is 0. The Hall–Kier alpha value is -1.63. The minimum Gasteiger partial charge on any atom is -0.463 e. The molecular weight excluding hydrogens is 270 g/mol. The van der Waals surface area contributed by atoms with E-state index in [-0.39, 0.29) is 0 Å². The van der Waals surface area contributed by atoms with E-state index in [0.29, 0.717) is 37.2 Å². The molecule has 0 fully saturated rings. The zero-order valence-electron chi connectivity index (χ0n) is 13.7. The molecule has 1 N–H and O–H groups in total. The standard InChI is InChI=1S/C14H27N5O2/c1-6-9-21-14-17-12(15-4)16-13(18-14)19(8-10-20-5)11(3)7-2/h11H,6-10H2,1-5H3,(H,15,16,17,18). The molecule has 7 nitrogen and oxygen atoms in total. The molecule has 1 unspecified atom stereocenters.